The maximum absolute atomic E-state index is 12.2. The van der Waals surface area contributed by atoms with Gasteiger partial charge in [0.2, 0.25) is 5.91 Å². The molecule has 4 heteroatoms. The molecule has 1 aliphatic rings. The molecule has 2 rings (SSSR count). The van der Waals surface area contributed by atoms with Gasteiger partial charge in [-0.25, -0.2) is 0 Å². The molecule has 1 aliphatic carbocycles. The average Bonchev–Trinajstić information content (AvgIpc) is 2.39. The van der Waals surface area contributed by atoms with Gasteiger partial charge in [0.15, 0.2) is 0 Å². The Labute approximate surface area is 119 Å². The zero-order valence-corrected chi connectivity index (χ0v) is 12.0. The van der Waals surface area contributed by atoms with Crippen molar-refractivity contribution in [3.8, 4) is 0 Å². The van der Waals surface area contributed by atoms with Crippen LogP contribution < -0.4 is 11.1 Å². The molecule has 1 atom stereocenters. The Kier molecular flexibility index (Phi) is 4.83. The molecule has 0 spiro atoms. The fraction of sp³-hybridized carbons (Fsp3) is 0.533. The first-order valence-corrected chi connectivity index (χ1v) is 7.25. The SMILES string of the molecule is C[C@@H](NC(=O)C1CCC(N)CC1)c1cccc(Cl)c1. The fourth-order valence-corrected chi connectivity index (χ4v) is 2.77. The van der Waals surface area contributed by atoms with E-state index in [1.807, 2.05) is 31.2 Å². The van der Waals surface area contributed by atoms with E-state index in [0.717, 1.165) is 31.2 Å². The summed E-state index contributed by atoms with van der Waals surface area (Å²) in [7, 11) is 0. The summed E-state index contributed by atoms with van der Waals surface area (Å²) in [5.41, 5.74) is 6.90. The van der Waals surface area contributed by atoms with E-state index in [4.69, 9.17) is 17.3 Å². The van der Waals surface area contributed by atoms with Crippen molar-refractivity contribution in [1.82, 2.24) is 5.32 Å². The summed E-state index contributed by atoms with van der Waals surface area (Å²) in [6.45, 7) is 1.98. The van der Waals surface area contributed by atoms with E-state index in [1.165, 1.54) is 0 Å². The molecule has 1 amide bonds. The molecule has 1 fully saturated rings. The molecule has 1 saturated carbocycles. The Morgan fingerprint density at radius 1 is 1.37 bits per heavy atom. The predicted molar refractivity (Wildman–Crippen MR) is 77.9 cm³/mol. The molecule has 0 aliphatic heterocycles. The second-order valence-corrected chi connectivity index (χ2v) is 5.83. The molecule has 0 heterocycles. The van der Waals surface area contributed by atoms with E-state index in [0.29, 0.717) is 5.02 Å². The van der Waals surface area contributed by atoms with Crippen LogP contribution in [0, 0.1) is 5.92 Å². The van der Waals surface area contributed by atoms with Gasteiger partial charge in [-0.05, 0) is 50.3 Å². The molecule has 3 nitrogen and oxygen atoms in total. The summed E-state index contributed by atoms with van der Waals surface area (Å²) in [6, 6.07) is 7.87. The van der Waals surface area contributed by atoms with E-state index in [-0.39, 0.29) is 23.9 Å². The van der Waals surface area contributed by atoms with E-state index in [1.54, 1.807) is 0 Å². The number of nitrogens with one attached hydrogen (secondary N) is 1. The lowest BCUT2D eigenvalue weighted by Gasteiger charge is -2.26. The highest BCUT2D eigenvalue weighted by Crippen LogP contribution is 2.24. The molecular formula is C15H21ClN2O. The number of hydrogen-bond acceptors (Lipinski definition) is 2. The third-order valence-corrected chi connectivity index (χ3v) is 4.09. The normalized spacial score (nSPS) is 24.8. The quantitative estimate of drug-likeness (QED) is 0.894. The standard InChI is InChI=1S/C15H21ClN2O/c1-10(12-3-2-4-13(16)9-12)18-15(19)11-5-7-14(17)8-6-11/h2-4,9-11,14H,5-8,17H2,1H3,(H,18,19)/t10-,11?,14?/m1/s1. The lowest BCUT2D eigenvalue weighted by molar-refractivity contribution is -0.126. The summed E-state index contributed by atoms with van der Waals surface area (Å²) >= 11 is 5.96. The van der Waals surface area contributed by atoms with Gasteiger partial charge in [0.05, 0.1) is 6.04 Å². The van der Waals surface area contributed by atoms with Gasteiger partial charge in [0.25, 0.3) is 0 Å². The van der Waals surface area contributed by atoms with Crippen molar-refractivity contribution in [3.05, 3.63) is 34.9 Å². The second kappa shape index (κ2) is 6.40. The Morgan fingerprint density at radius 2 is 2.05 bits per heavy atom. The summed E-state index contributed by atoms with van der Waals surface area (Å²) < 4.78 is 0. The van der Waals surface area contributed by atoms with Crippen LogP contribution in [0.5, 0.6) is 0 Å². The number of hydrogen-bond donors (Lipinski definition) is 2. The van der Waals surface area contributed by atoms with E-state index in [9.17, 15) is 4.79 Å². The third-order valence-electron chi connectivity index (χ3n) is 3.85. The van der Waals surface area contributed by atoms with Gasteiger partial charge in [-0.2, -0.15) is 0 Å². The van der Waals surface area contributed by atoms with Gasteiger partial charge in [0, 0.05) is 17.0 Å². The van der Waals surface area contributed by atoms with Crippen molar-refractivity contribution in [1.29, 1.82) is 0 Å². The molecule has 19 heavy (non-hydrogen) atoms. The van der Waals surface area contributed by atoms with E-state index < -0.39 is 0 Å². The van der Waals surface area contributed by atoms with Crippen molar-refractivity contribution in [2.24, 2.45) is 11.7 Å². The van der Waals surface area contributed by atoms with E-state index in [2.05, 4.69) is 5.32 Å². The summed E-state index contributed by atoms with van der Waals surface area (Å²) in [5, 5.41) is 3.77. The molecule has 3 N–H and O–H groups in total. The molecule has 0 radical (unpaired) electrons. The second-order valence-electron chi connectivity index (χ2n) is 5.40. The number of nitrogens with two attached hydrogens (primary N) is 1. The lowest BCUT2D eigenvalue weighted by atomic mass is 9.85. The van der Waals surface area contributed by atoms with Crippen molar-refractivity contribution in [3.63, 3.8) is 0 Å². The van der Waals surface area contributed by atoms with Crippen molar-refractivity contribution in [2.45, 2.75) is 44.7 Å². The van der Waals surface area contributed by atoms with Crippen molar-refractivity contribution >= 4 is 17.5 Å². The van der Waals surface area contributed by atoms with Crippen LogP contribution in [-0.2, 0) is 4.79 Å². The minimum Gasteiger partial charge on any atom is -0.349 e. The van der Waals surface area contributed by atoms with Crippen LogP contribution in [0.2, 0.25) is 5.02 Å². The molecule has 0 bridgehead atoms. The summed E-state index contributed by atoms with van der Waals surface area (Å²) in [4.78, 5) is 12.2. The fourth-order valence-electron chi connectivity index (χ4n) is 2.57. The Bertz CT molecular complexity index is 442. The average molecular weight is 281 g/mol. The molecule has 0 saturated heterocycles. The molecule has 0 unspecified atom stereocenters. The topological polar surface area (TPSA) is 55.1 Å². The Morgan fingerprint density at radius 3 is 2.68 bits per heavy atom. The highest BCUT2D eigenvalue weighted by molar-refractivity contribution is 6.30. The lowest BCUT2D eigenvalue weighted by Crippen LogP contribution is -2.37. The van der Waals surface area contributed by atoms with Crippen LogP contribution in [0.1, 0.15) is 44.2 Å². The largest absolute Gasteiger partial charge is 0.349 e. The minimum atomic E-state index is -0.0122. The highest BCUT2D eigenvalue weighted by Gasteiger charge is 2.25. The monoisotopic (exact) mass is 280 g/mol. The van der Waals surface area contributed by atoms with Crippen molar-refractivity contribution in [2.75, 3.05) is 0 Å². The number of benzene rings is 1. The maximum atomic E-state index is 12.2. The van der Waals surface area contributed by atoms with Crippen molar-refractivity contribution < 1.29 is 4.79 Å². The molecular weight excluding hydrogens is 260 g/mol. The molecule has 104 valence electrons. The number of rotatable bonds is 3. The van der Waals surface area contributed by atoms with Gasteiger partial charge in [-0.15, -0.1) is 0 Å². The van der Waals surface area contributed by atoms with Crippen LogP contribution in [0.15, 0.2) is 24.3 Å². The first-order valence-electron chi connectivity index (χ1n) is 6.87. The van der Waals surface area contributed by atoms with Crippen LogP contribution in [0.25, 0.3) is 0 Å². The molecule has 1 aromatic rings. The van der Waals surface area contributed by atoms with Gasteiger partial charge in [-0.3, -0.25) is 4.79 Å². The Hall–Kier alpha value is -1.06. The van der Waals surface area contributed by atoms with Gasteiger partial charge >= 0.3 is 0 Å². The van der Waals surface area contributed by atoms with Crippen LogP contribution in [0.4, 0.5) is 0 Å². The molecule has 1 aromatic carbocycles. The van der Waals surface area contributed by atoms with Crippen LogP contribution in [-0.4, -0.2) is 11.9 Å². The smallest absolute Gasteiger partial charge is 0.223 e. The summed E-state index contributed by atoms with van der Waals surface area (Å²) in [5.74, 6) is 0.251. The zero-order valence-electron chi connectivity index (χ0n) is 11.2. The summed E-state index contributed by atoms with van der Waals surface area (Å²) in [6.07, 6.45) is 3.69. The third kappa shape index (κ3) is 3.95. The number of carbonyl (C=O) groups excluding carboxylic acids is 1. The Balaban J connectivity index is 1.91. The first-order chi connectivity index (χ1) is 9.06. The first kappa shape index (κ1) is 14.4. The molecule has 0 aromatic heterocycles. The number of carbonyl (C=O) groups is 1. The number of halogens is 1. The van der Waals surface area contributed by atoms with Crippen LogP contribution in [0.3, 0.4) is 0 Å². The predicted octanol–water partition coefficient (Wildman–Crippen LogP) is 3.03. The van der Waals surface area contributed by atoms with Gasteiger partial charge in [0.1, 0.15) is 0 Å². The van der Waals surface area contributed by atoms with Crippen LogP contribution >= 0.6 is 11.6 Å². The minimum absolute atomic E-state index is 0.0122. The zero-order chi connectivity index (χ0) is 13.8. The number of amides is 1. The van der Waals surface area contributed by atoms with Gasteiger partial charge < -0.3 is 11.1 Å². The van der Waals surface area contributed by atoms with E-state index >= 15 is 0 Å². The maximum Gasteiger partial charge on any atom is 0.223 e. The highest BCUT2D eigenvalue weighted by atomic mass is 35.5. The van der Waals surface area contributed by atoms with Gasteiger partial charge in [-0.1, -0.05) is 23.7 Å².